The van der Waals surface area contributed by atoms with Crippen LogP contribution in [-0.2, 0) is 6.61 Å². The first-order chi connectivity index (χ1) is 14.0. The van der Waals surface area contributed by atoms with Gasteiger partial charge in [-0.25, -0.2) is 0 Å². The maximum absolute atomic E-state index is 11.7. The van der Waals surface area contributed by atoms with E-state index in [1.807, 2.05) is 30.3 Å². The molecule has 0 radical (unpaired) electrons. The fraction of sp³-hybridized carbons (Fsp3) is 0.100. The van der Waals surface area contributed by atoms with Gasteiger partial charge in [-0.1, -0.05) is 42.5 Å². The van der Waals surface area contributed by atoms with Crippen molar-refractivity contribution in [3.05, 3.63) is 86.0 Å². The van der Waals surface area contributed by atoms with E-state index in [9.17, 15) is 20.0 Å². The average molecular weight is 395 g/mol. The number of nitro groups is 1. The molecule has 0 atom stereocenters. The van der Waals surface area contributed by atoms with Gasteiger partial charge in [-0.3, -0.25) is 14.9 Å². The Balaban J connectivity index is 1.78. The summed E-state index contributed by atoms with van der Waals surface area (Å²) in [6.07, 6.45) is 3.01. The zero-order valence-corrected chi connectivity index (χ0v) is 15.4. The molecule has 0 aliphatic rings. The van der Waals surface area contributed by atoms with E-state index in [-0.39, 0.29) is 5.82 Å². The maximum Gasteiger partial charge on any atom is 0.395 e. The van der Waals surface area contributed by atoms with Crippen LogP contribution in [0.3, 0.4) is 0 Å². The van der Waals surface area contributed by atoms with Crippen molar-refractivity contribution in [3.8, 4) is 17.4 Å². The lowest BCUT2D eigenvalue weighted by molar-refractivity contribution is -0.387. The molecule has 29 heavy (non-hydrogen) atoms. The number of aromatic amines is 1. The smallest absolute Gasteiger partial charge is 0.395 e. The number of nitrogens with zero attached hydrogens (tertiary/aromatic N) is 2. The van der Waals surface area contributed by atoms with Crippen molar-refractivity contribution in [3.63, 3.8) is 0 Å². The van der Waals surface area contributed by atoms with Crippen LogP contribution in [0.2, 0.25) is 0 Å². The van der Waals surface area contributed by atoms with Crippen molar-refractivity contribution in [2.45, 2.75) is 6.61 Å². The van der Waals surface area contributed by atoms with E-state index in [1.54, 1.807) is 24.3 Å². The molecule has 1 aromatic heterocycles. The molecule has 0 unspecified atom stereocenters. The Bertz CT molecular complexity index is 1110. The van der Waals surface area contributed by atoms with E-state index in [2.05, 4.69) is 9.97 Å². The lowest BCUT2D eigenvalue weighted by Gasteiger charge is -2.11. The first kappa shape index (κ1) is 19.6. The highest BCUT2D eigenvalue weighted by Crippen LogP contribution is 2.29. The Morgan fingerprint density at radius 2 is 1.93 bits per heavy atom. The van der Waals surface area contributed by atoms with Gasteiger partial charge in [0.05, 0.1) is 12.0 Å². The second kappa shape index (κ2) is 8.70. The summed E-state index contributed by atoms with van der Waals surface area (Å²) in [5.74, 6) is 0.103. The van der Waals surface area contributed by atoms with Gasteiger partial charge in [-0.2, -0.15) is 4.98 Å². The summed E-state index contributed by atoms with van der Waals surface area (Å²) < 4.78 is 11.2. The van der Waals surface area contributed by atoms with Crippen LogP contribution in [0, 0.1) is 10.1 Å². The Kier molecular flexibility index (Phi) is 5.88. The Labute approximate surface area is 165 Å². The van der Waals surface area contributed by atoms with E-state index < -0.39 is 22.0 Å². The molecule has 0 spiro atoms. The first-order valence-corrected chi connectivity index (χ1v) is 8.48. The number of nitrogens with one attached hydrogen (secondary N) is 1. The van der Waals surface area contributed by atoms with E-state index in [0.717, 1.165) is 5.56 Å². The number of benzene rings is 2. The largest absolute Gasteiger partial charge is 0.493 e. The highest BCUT2D eigenvalue weighted by Gasteiger charge is 2.21. The quantitative estimate of drug-likeness (QED) is 0.464. The van der Waals surface area contributed by atoms with Crippen molar-refractivity contribution in [1.82, 2.24) is 9.97 Å². The second-order valence-electron chi connectivity index (χ2n) is 5.90. The number of hydrogen-bond acceptors (Lipinski definition) is 7. The standard InChI is InChI=1S/C20H17N3O6/c1-28-16-11-13(7-9-15(16)29-12-14-5-3-2-4-6-14)8-10-17-21-19(24)18(23(26)27)20(25)22-17/h2-11H,12H2,1H3,(H2,21,22,24,25)/b10-8-. The molecule has 0 aliphatic heterocycles. The zero-order valence-electron chi connectivity index (χ0n) is 15.4. The lowest BCUT2D eigenvalue weighted by atomic mass is 10.2. The SMILES string of the molecule is COc1cc(/C=C\c2nc(O)c([N+](=O)[O-])c(=O)[nH]2)ccc1OCc1ccccc1. The fourth-order valence-corrected chi connectivity index (χ4v) is 2.53. The summed E-state index contributed by atoms with van der Waals surface area (Å²) in [6, 6.07) is 14.9. The van der Waals surface area contributed by atoms with Crippen molar-refractivity contribution in [1.29, 1.82) is 0 Å². The molecule has 1 heterocycles. The number of H-pyrrole nitrogens is 1. The zero-order chi connectivity index (χ0) is 20.8. The normalized spacial score (nSPS) is 10.8. The Morgan fingerprint density at radius 3 is 2.59 bits per heavy atom. The van der Waals surface area contributed by atoms with Gasteiger partial charge in [0.2, 0.25) is 0 Å². The second-order valence-corrected chi connectivity index (χ2v) is 5.90. The van der Waals surface area contributed by atoms with Crippen LogP contribution in [0.4, 0.5) is 5.69 Å². The monoisotopic (exact) mass is 395 g/mol. The lowest BCUT2D eigenvalue weighted by Crippen LogP contribution is -2.14. The third-order valence-electron chi connectivity index (χ3n) is 3.94. The third kappa shape index (κ3) is 4.78. The molecule has 0 fully saturated rings. The number of rotatable bonds is 7. The number of aromatic hydroxyl groups is 1. The minimum Gasteiger partial charge on any atom is -0.493 e. The molecular formula is C20H17N3O6. The van der Waals surface area contributed by atoms with Crippen molar-refractivity contribution in [2.24, 2.45) is 0 Å². The van der Waals surface area contributed by atoms with Crippen LogP contribution in [0.15, 0.2) is 53.3 Å². The molecule has 0 saturated carbocycles. The van der Waals surface area contributed by atoms with Crippen molar-refractivity contribution < 1.29 is 19.5 Å². The molecule has 0 bridgehead atoms. The Morgan fingerprint density at radius 1 is 1.17 bits per heavy atom. The molecule has 0 aliphatic carbocycles. The minimum absolute atomic E-state index is 0.0264. The summed E-state index contributed by atoms with van der Waals surface area (Å²) in [7, 11) is 1.52. The van der Waals surface area contributed by atoms with Gasteiger partial charge in [0.1, 0.15) is 12.4 Å². The van der Waals surface area contributed by atoms with Gasteiger partial charge < -0.3 is 19.6 Å². The van der Waals surface area contributed by atoms with Gasteiger partial charge >= 0.3 is 11.2 Å². The highest BCUT2D eigenvalue weighted by atomic mass is 16.6. The molecule has 2 aromatic carbocycles. The first-order valence-electron chi connectivity index (χ1n) is 8.48. The summed E-state index contributed by atoms with van der Waals surface area (Å²) in [5, 5.41) is 20.3. The molecule has 0 saturated heterocycles. The number of methoxy groups -OCH3 is 1. The number of aromatic nitrogens is 2. The summed E-state index contributed by atoms with van der Waals surface area (Å²) in [4.78, 5) is 27.3. The number of hydrogen-bond donors (Lipinski definition) is 2. The molecule has 148 valence electrons. The molecule has 3 rings (SSSR count). The third-order valence-corrected chi connectivity index (χ3v) is 3.94. The van der Waals surface area contributed by atoms with Gasteiger partial charge in [-0.05, 0) is 29.3 Å². The van der Waals surface area contributed by atoms with Crippen molar-refractivity contribution >= 4 is 17.8 Å². The van der Waals surface area contributed by atoms with Crippen LogP contribution < -0.4 is 15.0 Å². The topological polar surface area (TPSA) is 128 Å². The molecular weight excluding hydrogens is 378 g/mol. The predicted octanol–water partition coefficient (Wildman–Crippen LogP) is 3.14. The van der Waals surface area contributed by atoms with Gasteiger partial charge in [-0.15, -0.1) is 0 Å². The van der Waals surface area contributed by atoms with Crippen LogP contribution in [-0.4, -0.2) is 27.1 Å². The van der Waals surface area contributed by atoms with Gasteiger partial charge in [0, 0.05) is 0 Å². The van der Waals surface area contributed by atoms with Crippen LogP contribution in [0.1, 0.15) is 17.0 Å². The Hall–Kier alpha value is -4.14. The fourth-order valence-electron chi connectivity index (χ4n) is 2.53. The maximum atomic E-state index is 11.7. The van der Waals surface area contributed by atoms with Crippen LogP contribution in [0.5, 0.6) is 17.4 Å². The van der Waals surface area contributed by atoms with E-state index >= 15 is 0 Å². The molecule has 9 nitrogen and oxygen atoms in total. The summed E-state index contributed by atoms with van der Waals surface area (Å²) in [6.45, 7) is 0.389. The van der Waals surface area contributed by atoms with E-state index in [1.165, 1.54) is 13.2 Å². The van der Waals surface area contributed by atoms with E-state index in [0.29, 0.717) is 23.7 Å². The van der Waals surface area contributed by atoms with E-state index in [4.69, 9.17) is 9.47 Å². The highest BCUT2D eigenvalue weighted by molar-refractivity contribution is 5.68. The minimum atomic E-state index is -1.04. The average Bonchev–Trinajstić information content (AvgIpc) is 2.71. The summed E-state index contributed by atoms with van der Waals surface area (Å²) >= 11 is 0. The summed E-state index contributed by atoms with van der Waals surface area (Å²) in [5.41, 5.74) is -0.311. The van der Waals surface area contributed by atoms with Crippen LogP contribution in [0.25, 0.3) is 12.2 Å². The van der Waals surface area contributed by atoms with Gasteiger partial charge in [0.25, 0.3) is 5.88 Å². The van der Waals surface area contributed by atoms with Gasteiger partial charge in [0.15, 0.2) is 11.5 Å². The molecule has 0 amide bonds. The van der Waals surface area contributed by atoms with Crippen molar-refractivity contribution in [2.75, 3.05) is 7.11 Å². The molecule has 3 aromatic rings. The molecule has 9 heteroatoms. The predicted molar refractivity (Wildman–Crippen MR) is 106 cm³/mol. The number of ether oxygens (including phenoxy) is 2. The molecule has 2 N–H and O–H groups in total. The van der Waals surface area contributed by atoms with Crippen LogP contribution >= 0.6 is 0 Å².